The van der Waals surface area contributed by atoms with E-state index in [-0.39, 0.29) is 5.56 Å². The number of carbonyl (C=O) groups is 1. The van der Waals surface area contributed by atoms with Crippen LogP contribution < -0.4 is 0 Å². The first-order valence-electron chi connectivity index (χ1n) is 4.63. The van der Waals surface area contributed by atoms with Crippen LogP contribution in [0, 0.1) is 6.92 Å². The predicted octanol–water partition coefficient (Wildman–Crippen LogP) is 2.64. The van der Waals surface area contributed by atoms with Gasteiger partial charge in [0.2, 0.25) is 0 Å². The van der Waals surface area contributed by atoms with E-state index in [1.807, 2.05) is 6.92 Å². The molecule has 16 heavy (non-hydrogen) atoms. The van der Waals surface area contributed by atoms with Gasteiger partial charge in [0.05, 0.1) is 17.4 Å². The van der Waals surface area contributed by atoms with Crippen molar-refractivity contribution in [3.05, 3.63) is 46.2 Å². The second-order valence-corrected chi connectivity index (χ2v) is 4.26. The summed E-state index contributed by atoms with van der Waals surface area (Å²) in [7, 11) is 0. The third-order valence-electron chi connectivity index (χ3n) is 2.16. The molecule has 0 fully saturated rings. The van der Waals surface area contributed by atoms with Crippen molar-refractivity contribution >= 4 is 21.9 Å². The number of halogens is 1. The number of aryl methyl sites for hydroxylation is 1. The normalized spacial score (nSPS) is 10.4. The SMILES string of the molecule is Cc1cnn(-c2cccc(Br)c2C(=O)O)c1. The average molecular weight is 281 g/mol. The van der Waals surface area contributed by atoms with Crippen LogP contribution in [0.3, 0.4) is 0 Å². The molecule has 0 aliphatic heterocycles. The zero-order valence-corrected chi connectivity index (χ0v) is 10.1. The van der Waals surface area contributed by atoms with Crippen molar-refractivity contribution in [2.45, 2.75) is 6.92 Å². The molecule has 0 aliphatic rings. The molecule has 1 N–H and O–H groups in total. The second kappa shape index (κ2) is 4.09. The van der Waals surface area contributed by atoms with Gasteiger partial charge in [-0.1, -0.05) is 6.07 Å². The molecular formula is C11H9BrN2O2. The lowest BCUT2D eigenvalue weighted by Gasteiger charge is -2.07. The van der Waals surface area contributed by atoms with Crippen LogP contribution in [-0.2, 0) is 0 Å². The molecule has 0 spiro atoms. The minimum Gasteiger partial charge on any atom is -0.478 e. The molecule has 2 aromatic rings. The first kappa shape index (κ1) is 10.9. The van der Waals surface area contributed by atoms with Crippen LogP contribution in [0.25, 0.3) is 5.69 Å². The monoisotopic (exact) mass is 280 g/mol. The number of carboxylic acids is 1. The van der Waals surface area contributed by atoms with Crippen LogP contribution >= 0.6 is 15.9 Å². The molecule has 1 heterocycles. The van der Waals surface area contributed by atoms with Crippen LogP contribution in [0.2, 0.25) is 0 Å². The van der Waals surface area contributed by atoms with Gasteiger partial charge in [-0.15, -0.1) is 0 Å². The highest BCUT2D eigenvalue weighted by atomic mass is 79.9. The van der Waals surface area contributed by atoms with E-state index < -0.39 is 5.97 Å². The van der Waals surface area contributed by atoms with E-state index in [1.165, 1.54) is 0 Å². The fourth-order valence-electron chi connectivity index (χ4n) is 1.46. The summed E-state index contributed by atoms with van der Waals surface area (Å²) in [4.78, 5) is 11.2. The Morgan fingerprint density at radius 1 is 1.50 bits per heavy atom. The molecule has 0 bridgehead atoms. The zero-order chi connectivity index (χ0) is 11.7. The van der Waals surface area contributed by atoms with Crippen molar-refractivity contribution in [3.63, 3.8) is 0 Å². The van der Waals surface area contributed by atoms with Crippen molar-refractivity contribution in [1.29, 1.82) is 0 Å². The van der Waals surface area contributed by atoms with Gasteiger partial charge in [0.1, 0.15) is 0 Å². The Bertz CT molecular complexity index is 549. The third-order valence-corrected chi connectivity index (χ3v) is 2.82. The van der Waals surface area contributed by atoms with Gasteiger partial charge in [-0.3, -0.25) is 0 Å². The van der Waals surface area contributed by atoms with Gasteiger partial charge in [-0.2, -0.15) is 5.10 Å². The highest BCUT2D eigenvalue weighted by Gasteiger charge is 2.15. The molecule has 0 unspecified atom stereocenters. The van der Waals surface area contributed by atoms with Crippen molar-refractivity contribution < 1.29 is 9.90 Å². The lowest BCUT2D eigenvalue weighted by Crippen LogP contribution is -2.06. The molecule has 1 aromatic carbocycles. The number of aromatic nitrogens is 2. The summed E-state index contributed by atoms with van der Waals surface area (Å²) in [5, 5.41) is 13.2. The summed E-state index contributed by atoms with van der Waals surface area (Å²) in [5.74, 6) is -0.976. The summed E-state index contributed by atoms with van der Waals surface area (Å²) in [6.45, 7) is 1.90. The predicted molar refractivity (Wildman–Crippen MR) is 63.0 cm³/mol. The highest BCUT2D eigenvalue weighted by Crippen LogP contribution is 2.23. The Morgan fingerprint density at radius 3 is 2.81 bits per heavy atom. The molecule has 1 aromatic heterocycles. The number of hydrogen-bond donors (Lipinski definition) is 1. The van der Waals surface area contributed by atoms with Crippen LogP contribution in [0.1, 0.15) is 15.9 Å². The molecule has 0 amide bonds. The van der Waals surface area contributed by atoms with Crippen LogP contribution in [0.4, 0.5) is 0 Å². The van der Waals surface area contributed by atoms with Gasteiger partial charge in [0.15, 0.2) is 0 Å². The molecule has 0 saturated carbocycles. The smallest absolute Gasteiger partial charge is 0.339 e. The lowest BCUT2D eigenvalue weighted by molar-refractivity contribution is 0.0695. The van der Waals surface area contributed by atoms with Crippen molar-refractivity contribution in [2.24, 2.45) is 0 Å². The lowest BCUT2D eigenvalue weighted by atomic mass is 10.2. The van der Waals surface area contributed by atoms with Gasteiger partial charge in [-0.25, -0.2) is 9.48 Å². The Balaban J connectivity index is 2.65. The summed E-state index contributed by atoms with van der Waals surface area (Å²) in [5.41, 5.74) is 1.75. The number of rotatable bonds is 2. The fourth-order valence-corrected chi connectivity index (χ4v) is 1.99. The van der Waals surface area contributed by atoms with Gasteiger partial charge >= 0.3 is 5.97 Å². The quantitative estimate of drug-likeness (QED) is 0.920. The molecule has 0 aliphatic carbocycles. The van der Waals surface area contributed by atoms with Crippen LogP contribution in [0.5, 0.6) is 0 Å². The first-order chi connectivity index (χ1) is 7.59. The summed E-state index contributed by atoms with van der Waals surface area (Å²) in [6, 6.07) is 5.20. The third kappa shape index (κ3) is 1.86. The van der Waals surface area contributed by atoms with Gasteiger partial charge in [-0.05, 0) is 40.5 Å². The van der Waals surface area contributed by atoms with Gasteiger partial charge < -0.3 is 5.11 Å². The second-order valence-electron chi connectivity index (χ2n) is 3.40. The first-order valence-corrected chi connectivity index (χ1v) is 5.42. The highest BCUT2D eigenvalue weighted by molar-refractivity contribution is 9.10. The van der Waals surface area contributed by atoms with E-state index in [2.05, 4.69) is 21.0 Å². The Morgan fingerprint density at radius 2 is 2.25 bits per heavy atom. The molecule has 2 rings (SSSR count). The topological polar surface area (TPSA) is 55.1 Å². The van der Waals surface area contributed by atoms with E-state index in [0.29, 0.717) is 10.2 Å². The standard InChI is InChI=1S/C11H9BrN2O2/c1-7-5-13-14(6-7)9-4-2-3-8(12)10(9)11(15)16/h2-6H,1H3,(H,15,16). The molecule has 82 valence electrons. The summed E-state index contributed by atoms with van der Waals surface area (Å²) >= 11 is 3.23. The average Bonchev–Trinajstić information content (AvgIpc) is 2.63. The van der Waals surface area contributed by atoms with E-state index >= 15 is 0 Å². The number of benzene rings is 1. The Kier molecular flexibility index (Phi) is 2.78. The van der Waals surface area contributed by atoms with Crippen molar-refractivity contribution in [2.75, 3.05) is 0 Å². The largest absolute Gasteiger partial charge is 0.478 e. The van der Waals surface area contributed by atoms with E-state index in [1.54, 1.807) is 35.3 Å². The molecule has 4 nitrogen and oxygen atoms in total. The maximum absolute atomic E-state index is 11.2. The molecular weight excluding hydrogens is 272 g/mol. The minimum absolute atomic E-state index is 0.214. The van der Waals surface area contributed by atoms with Crippen LogP contribution in [0.15, 0.2) is 35.1 Å². The fraction of sp³-hybridized carbons (Fsp3) is 0.0909. The van der Waals surface area contributed by atoms with Gasteiger partial charge in [0.25, 0.3) is 0 Å². The maximum atomic E-state index is 11.2. The Labute approximate surface area is 101 Å². The summed E-state index contributed by atoms with van der Waals surface area (Å²) < 4.78 is 2.11. The van der Waals surface area contributed by atoms with E-state index in [4.69, 9.17) is 5.11 Å². The zero-order valence-electron chi connectivity index (χ0n) is 8.51. The number of nitrogens with zero attached hydrogens (tertiary/aromatic N) is 2. The van der Waals surface area contributed by atoms with Crippen molar-refractivity contribution in [1.82, 2.24) is 9.78 Å². The molecule has 0 atom stereocenters. The van der Waals surface area contributed by atoms with Crippen molar-refractivity contribution in [3.8, 4) is 5.69 Å². The number of aromatic carboxylic acids is 1. The van der Waals surface area contributed by atoms with E-state index in [9.17, 15) is 4.79 Å². The maximum Gasteiger partial charge on any atom is 0.339 e. The number of carboxylic acid groups (broad SMARTS) is 1. The van der Waals surface area contributed by atoms with E-state index in [0.717, 1.165) is 5.56 Å². The van der Waals surface area contributed by atoms with Crippen LogP contribution in [-0.4, -0.2) is 20.9 Å². The number of hydrogen-bond acceptors (Lipinski definition) is 2. The minimum atomic E-state index is -0.976. The molecule has 0 saturated heterocycles. The summed E-state index contributed by atoms with van der Waals surface area (Å²) in [6.07, 6.45) is 3.47. The molecule has 0 radical (unpaired) electrons. The molecule has 5 heteroatoms. The Hall–Kier alpha value is -1.62. The van der Waals surface area contributed by atoms with Gasteiger partial charge in [0, 0.05) is 10.7 Å².